The normalized spacial score (nSPS) is 20.0. The van der Waals surface area contributed by atoms with Crippen molar-refractivity contribution in [2.75, 3.05) is 12.3 Å². The summed E-state index contributed by atoms with van der Waals surface area (Å²) in [5.74, 6) is 0.382. The van der Waals surface area contributed by atoms with Crippen molar-refractivity contribution in [2.24, 2.45) is 5.41 Å². The molecular formula is C17H25NO2S. The molecule has 1 saturated carbocycles. The van der Waals surface area contributed by atoms with Gasteiger partial charge in [0.2, 0.25) is 5.91 Å². The van der Waals surface area contributed by atoms with E-state index in [0.29, 0.717) is 17.7 Å². The van der Waals surface area contributed by atoms with Gasteiger partial charge in [-0.3, -0.25) is 4.79 Å². The fourth-order valence-corrected chi connectivity index (χ4v) is 3.30. The summed E-state index contributed by atoms with van der Waals surface area (Å²) >= 11 is 1.52. The fourth-order valence-electron chi connectivity index (χ4n) is 2.55. The van der Waals surface area contributed by atoms with Crippen molar-refractivity contribution >= 4 is 17.7 Å². The van der Waals surface area contributed by atoms with Crippen LogP contribution in [0.2, 0.25) is 0 Å². The van der Waals surface area contributed by atoms with Gasteiger partial charge >= 0.3 is 0 Å². The summed E-state index contributed by atoms with van der Waals surface area (Å²) in [6.07, 6.45) is 3.56. The molecule has 1 amide bonds. The number of thioether (sulfide) groups is 1. The van der Waals surface area contributed by atoms with Crippen molar-refractivity contribution in [2.45, 2.75) is 50.0 Å². The van der Waals surface area contributed by atoms with Gasteiger partial charge in [0, 0.05) is 11.4 Å². The lowest BCUT2D eigenvalue weighted by atomic mass is 9.71. The maximum absolute atomic E-state index is 11.9. The molecule has 1 aliphatic carbocycles. The molecule has 1 fully saturated rings. The molecule has 4 heteroatoms. The van der Waals surface area contributed by atoms with Crippen LogP contribution < -0.4 is 5.32 Å². The minimum atomic E-state index is -0.720. The van der Waals surface area contributed by atoms with Crippen molar-refractivity contribution < 1.29 is 9.90 Å². The molecule has 21 heavy (non-hydrogen) atoms. The molecule has 3 nitrogen and oxygen atoms in total. The van der Waals surface area contributed by atoms with Crippen LogP contribution in [0, 0.1) is 5.41 Å². The van der Waals surface area contributed by atoms with Gasteiger partial charge in [-0.15, -0.1) is 11.8 Å². The van der Waals surface area contributed by atoms with E-state index in [0.717, 1.165) is 30.6 Å². The zero-order valence-electron chi connectivity index (χ0n) is 12.9. The van der Waals surface area contributed by atoms with E-state index in [1.165, 1.54) is 11.8 Å². The molecule has 0 radical (unpaired) electrons. The first kappa shape index (κ1) is 16.4. The van der Waals surface area contributed by atoms with Crippen molar-refractivity contribution in [3.05, 3.63) is 30.3 Å². The second-order valence-corrected chi connectivity index (χ2v) is 7.82. The van der Waals surface area contributed by atoms with Gasteiger partial charge in [-0.2, -0.15) is 0 Å². The number of benzene rings is 1. The zero-order chi connectivity index (χ0) is 15.3. The highest BCUT2D eigenvalue weighted by atomic mass is 32.2. The molecule has 0 atom stereocenters. The summed E-state index contributed by atoms with van der Waals surface area (Å²) in [5, 5.41) is 13.4. The largest absolute Gasteiger partial charge is 0.388 e. The van der Waals surface area contributed by atoms with Crippen molar-refractivity contribution in [3.63, 3.8) is 0 Å². The van der Waals surface area contributed by atoms with Gasteiger partial charge in [0.25, 0.3) is 0 Å². The van der Waals surface area contributed by atoms with E-state index in [-0.39, 0.29) is 5.91 Å². The van der Waals surface area contributed by atoms with Gasteiger partial charge < -0.3 is 10.4 Å². The Morgan fingerprint density at radius 1 is 1.19 bits per heavy atom. The first-order valence-corrected chi connectivity index (χ1v) is 8.54. The lowest BCUT2D eigenvalue weighted by Crippen LogP contribution is -2.47. The van der Waals surface area contributed by atoms with Crippen molar-refractivity contribution in [3.8, 4) is 0 Å². The Balaban J connectivity index is 1.71. The van der Waals surface area contributed by atoms with Crippen LogP contribution in [0.5, 0.6) is 0 Å². The number of carbonyl (C=O) groups excluding carboxylic acids is 1. The van der Waals surface area contributed by atoms with Gasteiger partial charge in [0.15, 0.2) is 0 Å². The fraction of sp³-hybridized carbons (Fsp3) is 0.588. The molecule has 116 valence electrons. The van der Waals surface area contributed by atoms with Gasteiger partial charge in [-0.05, 0) is 43.2 Å². The summed E-state index contributed by atoms with van der Waals surface area (Å²) in [5.41, 5.74) is -0.401. The molecule has 0 unspecified atom stereocenters. The Morgan fingerprint density at radius 3 is 2.43 bits per heavy atom. The summed E-state index contributed by atoms with van der Waals surface area (Å²) in [7, 11) is 0. The Labute approximate surface area is 131 Å². The first-order chi connectivity index (χ1) is 9.89. The Bertz CT molecular complexity index is 463. The highest BCUT2D eigenvalue weighted by Crippen LogP contribution is 2.39. The highest BCUT2D eigenvalue weighted by molar-refractivity contribution is 8.00. The number of nitrogens with one attached hydrogen (secondary N) is 1. The first-order valence-electron chi connectivity index (χ1n) is 7.56. The molecule has 2 N–H and O–H groups in total. The zero-order valence-corrected chi connectivity index (χ0v) is 13.7. The molecule has 0 heterocycles. The Morgan fingerprint density at radius 2 is 1.81 bits per heavy atom. The van der Waals surface area contributed by atoms with Crippen LogP contribution in [0.3, 0.4) is 0 Å². The molecule has 0 aliphatic heterocycles. The summed E-state index contributed by atoms with van der Waals surface area (Å²) in [6.45, 7) is 4.85. The average molecular weight is 307 g/mol. The van der Waals surface area contributed by atoms with Crippen LogP contribution in [-0.2, 0) is 4.79 Å². The third-order valence-electron chi connectivity index (χ3n) is 4.26. The van der Waals surface area contributed by atoms with Crippen molar-refractivity contribution in [1.82, 2.24) is 5.32 Å². The van der Waals surface area contributed by atoms with Crippen LogP contribution in [0.25, 0.3) is 0 Å². The number of aliphatic hydroxyl groups is 1. The topological polar surface area (TPSA) is 49.3 Å². The van der Waals surface area contributed by atoms with Gasteiger partial charge in [-0.25, -0.2) is 0 Å². The van der Waals surface area contributed by atoms with Crippen LogP contribution in [0.4, 0.5) is 0 Å². The second kappa shape index (κ2) is 6.84. The molecule has 1 aromatic carbocycles. The van der Waals surface area contributed by atoms with Crippen molar-refractivity contribution in [1.29, 1.82) is 0 Å². The number of carbonyl (C=O) groups is 1. The number of amides is 1. The predicted molar refractivity (Wildman–Crippen MR) is 87.4 cm³/mol. The second-order valence-electron chi connectivity index (χ2n) is 6.77. The standard InChI is InChI=1S/C17H25NO2S/c1-16(2)8-10-17(20,11-9-16)13-18-15(19)12-21-14-6-4-3-5-7-14/h3-7,20H,8-13H2,1-2H3,(H,18,19). The van der Waals surface area contributed by atoms with Crippen LogP contribution in [0.15, 0.2) is 35.2 Å². The van der Waals surface area contributed by atoms with E-state index < -0.39 is 5.60 Å². The van der Waals surface area contributed by atoms with E-state index in [9.17, 15) is 9.90 Å². The quantitative estimate of drug-likeness (QED) is 0.821. The van der Waals surface area contributed by atoms with E-state index in [4.69, 9.17) is 0 Å². The molecule has 1 aromatic rings. The molecule has 0 saturated heterocycles. The third-order valence-corrected chi connectivity index (χ3v) is 5.27. The monoisotopic (exact) mass is 307 g/mol. The smallest absolute Gasteiger partial charge is 0.230 e. The number of hydrogen-bond acceptors (Lipinski definition) is 3. The summed E-state index contributed by atoms with van der Waals surface area (Å²) in [4.78, 5) is 13.0. The maximum atomic E-state index is 11.9. The lowest BCUT2D eigenvalue weighted by Gasteiger charge is -2.40. The summed E-state index contributed by atoms with van der Waals surface area (Å²) in [6, 6.07) is 9.88. The van der Waals surface area contributed by atoms with Crippen LogP contribution in [0.1, 0.15) is 39.5 Å². The van der Waals surface area contributed by atoms with Crippen LogP contribution in [-0.4, -0.2) is 28.9 Å². The SMILES string of the molecule is CC1(C)CCC(O)(CNC(=O)CSc2ccccc2)CC1. The Hall–Kier alpha value is -1.00. The third kappa shape index (κ3) is 5.36. The highest BCUT2D eigenvalue weighted by Gasteiger charge is 2.36. The van der Waals surface area contributed by atoms with E-state index in [1.807, 2.05) is 30.3 Å². The number of rotatable bonds is 5. The minimum Gasteiger partial charge on any atom is -0.388 e. The molecule has 1 aliphatic rings. The molecule has 0 bridgehead atoms. The minimum absolute atomic E-state index is 0.0119. The van der Waals surface area contributed by atoms with E-state index >= 15 is 0 Å². The Kier molecular flexibility index (Phi) is 5.33. The predicted octanol–water partition coefficient (Wildman–Crippen LogP) is 3.23. The molecule has 0 spiro atoms. The molecular weight excluding hydrogens is 282 g/mol. The number of hydrogen-bond donors (Lipinski definition) is 2. The maximum Gasteiger partial charge on any atom is 0.230 e. The van der Waals surface area contributed by atoms with E-state index in [2.05, 4.69) is 19.2 Å². The van der Waals surface area contributed by atoms with Gasteiger partial charge in [0.05, 0.1) is 11.4 Å². The lowest BCUT2D eigenvalue weighted by molar-refractivity contribution is -0.120. The molecule has 2 rings (SSSR count). The van der Waals surface area contributed by atoms with Gasteiger partial charge in [0.1, 0.15) is 0 Å². The van der Waals surface area contributed by atoms with Gasteiger partial charge in [-0.1, -0.05) is 32.0 Å². The molecule has 0 aromatic heterocycles. The van der Waals surface area contributed by atoms with E-state index in [1.54, 1.807) is 0 Å². The average Bonchev–Trinajstić information content (AvgIpc) is 2.48. The summed E-state index contributed by atoms with van der Waals surface area (Å²) < 4.78 is 0. The van der Waals surface area contributed by atoms with Crippen LogP contribution >= 0.6 is 11.8 Å².